The minimum absolute atomic E-state index is 0.188. The molecule has 0 atom stereocenters. The number of aromatic nitrogens is 2. The molecular weight excluding hydrogens is 345 g/mol. The van der Waals surface area contributed by atoms with Crippen LogP contribution in [0.3, 0.4) is 0 Å². The highest BCUT2D eigenvalue weighted by molar-refractivity contribution is 14.1. The van der Waals surface area contributed by atoms with Gasteiger partial charge in [0.05, 0.1) is 12.9 Å². The first-order valence-corrected chi connectivity index (χ1v) is 6.80. The summed E-state index contributed by atoms with van der Waals surface area (Å²) in [6.45, 7) is 2.73. The number of unbranched alkanes of at least 4 members (excludes halogenated alkanes) is 1. The van der Waals surface area contributed by atoms with Crippen molar-refractivity contribution >= 4 is 28.5 Å². The molecule has 0 bridgehead atoms. The largest absolute Gasteiger partial charge is 0.477 e. The molecule has 0 aliphatic heterocycles. The molecule has 2 rings (SSSR count). The second-order valence-electron chi connectivity index (χ2n) is 3.73. The van der Waals surface area contributed by atoms with Crippen molar-refractivity contribution in [2.24, 2.45) is 0 Å². The van der Waals surface area contributed by atoms with Crippen molar-refractivity contribution in [1.82, 2.24) is 9.97 Å². The molecule has 0 aromatic carbocycles. The molecule has 18 heavy (non-hydrogen) atoms. The number of anilines is 1. The van der Waals surface area contributed by atoms with E-state index in [2.05, 4.69) is 39.5 Å². The van der Waals surface area contributed by atoms with Crippen molar-refractivity contribution in [3.05, 3.63) is 22.0 Å². The zero-order chi connectivity index (χ0) is 13.0. The van der Waals surface area contributed by atoms with E-state index in [-0.39, 0.29) is 5.95 Å². The van der Waals surface area contributed by atoms with Gasteiger partial charge in [-0.05, 0) is 41.1 Å². The fraction of sp³-hybridized carbons (Fsp3) is 0.333. The molecule has 5 nitrogen and oxygen atoms in total. The third-order valence-corrected chi connectivity index (χ3v) is 3.30. The van der Waals surface area contributed by atoms with Gasteiger partial charge in [0.15, 0.2) is 5.76 Å². The molecule has 0 aliphatic rings. The van der Waals surface area contributed by atoms with Crippen LogP contribution in [0.4, 0.5) is 5.95 Å². The van der Waals surface area contributed by atoms with Gasteiger partial charge in [0, 0.05) is 0 Å². The average molecular weight is 359 g/mol. The molecule has 2 aromatic heterocycles. The van der Waals surface area contributed by atoms with E-state index in [9.17, 15) is 0 Å². The summed E-state index contributed by atoms with van der Waals surface area (Å²) in [5.74, 6) is 1.37. The van der Waals surface area contributed by atoms with Gasteiger partial charge in [-0.1, -0.05) is 13.3 Å². The third kappa shape index (κ3) is 2.92. The van der Waals surface area contributed by atoms with E-state index in [0.29, 0.717) is 23.9 Å². The first-order chi connectivity index (χ1) is 8.72. The van der Waals surface area contributed by atoms with Crippen molar-refractivity contribution in [1.29, 1.82) is 0 Å². The molecule has 0 spiro atoms. The zero-order valence-electron chi connectivity index (χ0n) is 10.0. The topological polar surface area (TPSA) is 74.2 Å². The Labute approximate surface area is 119 Å². The minimum atomic E-state index is 0.188. The van der Waals surface area contributed by atoms with E-state index >= 15 is 0 Å². The third-order valence-electron chi connectivity index (χ3n) is 2.33. The highest BCUT2D eigenvalue weighted by Gasteiger charge is 2.15. The Hall–Kier alpha value is -1.31. The number of furan rings is 1. The van der Waals surface area contributed by atoms with Crippen LogP contribution in [0.25, 0.3) is 11.5 Å². The monoisotopic (exact) mass is 359 g/mol. The van der Waals surface area contributed by atoms with Crippen LogP contribution in [0.2, 0.25) is 0 Å². The van der Waals surface area contributed by atoms with Crippen LogP contribution in [0.5, 0.6) is 5.88 Å². The first kappa shape index (κ1) is 13.1. The molecule has 96 valence electrons. The summed E-state index contributed by atoms with van der Waals surface area (Å²) in [5.41, 5.74) is 6.36. The second-order valence-corrected chi connectivity index (χ2v) is 4.81. The summed E-state index contributed by atoms with van der Waals surface area (Å²) in [6.07, 6.45) is 3.65. The van der Waals surface area contributed by atoms with Crippen LogP contribution in [0.15, 0.2) is 22.8 Å². The molecule has 0 fully saturated rings. The molecule has 0 radical (unpaired) electrons. The van der Waals surface area contributed by atoms with E-state index in [0.717, 1.165) is 16.4 Å². The summed E-state index contributed by atoms with van der Waals surface area (Å²) in [5, 5.41) is 0. The van der Waals surface area contributed by atoms with Gasteiger partial charge in [-0.25, -0.2) is 4.98 Å². The Bertz CT molecular complexity index is 514. The zero-order valence-corrected chi connectivity index (χ0v) is 12.2. The lowest BCUT2D eigenvalue weighted by molar-refractivity contribution is 0.295. The van der Waals surface area contributed by atoms with Crippen LogP contribution in [0.1, 0.15) is 19.8 Å². The Balaban J connectivity index is 2.31. The molecule has 2 heterocycles. The standard InChI is InChI=1S/C12H14IN3O2/c1-2-3-6-18-11-9(13)10(15-12(14)16-11)8-5-4-7-17-8/h4-5,7H,2-3,6H2,1H3,(H2,14,15,16). The number of halogens is 1. The van der Waals surface area contributed by atoms with E-state index in [1.54, 1.807) is 12.3 Å². The van der Waals surface area contributed by atoms with Gasteiger partial charge in [-0.2, -0.15) is 4.98 Å². The van der Waals surface area contributed by atoms with Crippen molar-refractivity contribution in [2.45, 2.75) is 19.8 Å². The smallest absolute Gasteiger partial charge is 0.232 e. The molecule has 6 heteroatoms. The van der Waals surface area contributed by atoms with Crippen LogP contribution in [-0.2, 0) is 0 Å². The number of nitrogens with zero attached hydrogens (tertiary/aromatic N) is 2. The highest BCUT2D eigenvalue weighted by atomic mass is 127. The summed E-state index contributed by atoms with van der Waals surface area (Å²) in [4.78, 5) is 8.30. The maximum absolute atomic E-state index is 5.69. The number of hydrogen-bond acceptors (Lipinski definition) is 5. The Morgan fingerprint density at radius 2 is 2.28 bits per heavy atom. The van der Waals surface area contributed by atoms with Crippen molar-refractivity contribution in [3.8, 4) is 17.3 Å². The Morgan fingerprint density at radius 3 is 2.94 bits per heavy atom. The molecule has 0 unspecified atom stereocenters. The van der Waals surface area contributed by atoms with E-state index < -0.39 is 0 Å². The van der Waals surface area contributed by atoms with E-state index in [1.807, 2.05) is 6.07 Å². The summed E-state index contributed by atoms with van der Waals surface area (Å²) >= 11 is 2.14. The van der Waals surface area contributed by atoms with Gasteiger partial charge in [0.25, 0.3) is 0 Å². The van der Waals surface area contributed by atoms with E-state index in [1.165, 1.54) is 0 Å². The molecular formula is C12H14IN3O2. The summed E-state index contributed by atoms with van der Waals surface area (Å²) in [7, 11) is 0. The van der Waals surface area contributed by atoms with Crippen LogP contribution < -0.4 is 10.5 Å². The van der Waals surface area contributed by atoms with Gasteiger partial charge in [-0.3, -0.25) is 0 Å². The van der Waals surface area contributed by atoms with Gasteiger partial charge in [0.1, 0.15) is 9.26 Å². The fourth-order valence-corrected chi connectivity index (χ4v) is 2.09. The molecule has 2 aromatic rings. The number of hydrogen-bond donors (Lipinski definition) is 1. The summed E-state index contributed by atoms with van der Waals surface area (Å²) < 4.78 is 11.8. The van der Waals surface area contributed by atoms with Crippen molar-refractivity contribution in [2.75, 3.05) is 12.3 Å². The SMILES string of the molecule is CCCCOc1nc(N)nc(-c2ccco2)c1I. The Morgan fingerprint density at radius 1 is 1.44 bits per heavy atom. The van der Waals surface area contributed by atoms with Gasteiger partial charge in [-0.15, -0.1) is 0 Å². The summed E-state index contributed by atoms with van der Waals surface area (Å²) in [6, 6.07) is 3.64. The van der Waals surface area contributed by atoms with E-state index in [4.69, 9.17) is 14.9 Å². The molecule has 0 saturated heterocycles. The number of nitrogen functional groups attached to an aromatic ring is 1. The highest BCUT2D eigenvalue weighted by Crippen LogP contribution is 2.30. The predicted molar refractivity (Wildman–Crippen MR) is 77.3 cm³/mol. The lowest BCUT2D eigenvalue weighted by Crippen LogP contribution is -2.06. The lowest BCUT2D eigenvalue weighted by Gasteiger charge is -2.09. The molecule has 0 aliphatic carbocycles. The minimum Gasteiger partial charge on any atom is -0.477 e. The van der Waals surface area contributed by atoms with Gasteiger partial charge < -0.3 is 14.9 Å². The first-order valence-electron chi connectivity index (χ1n) is 5.72. The van der Waals surface area contributed by atoms with Crippen molar-refractivity contribution in [3.63, 3.8) is 0 Å². The van der Waals surface area contributed by atoms with Crippen molar-refractivity contribution < 1.29 is 9.15 Å². The molecule has 0 saturated carbocycles. The predicted octanol–water partition coefficient (Wildman–Crippen LogP) is 3.10. The lowest BCUT2D eigenvalue weighted by atomic mass is 10.3. The number of nitrogens with two attached hydrogens (primary N) is 1. The Kier molecular flexibility index (Phi) is 4.40. The van der Waals surface area contributed by atoms with Gasteiger partial charge >= 0.3 is 0 Å². The fourth-order valence-electron chi connectivity index (χ4n) is 1.43. The molecule has 2 N–H and O–H groups in total. The maximum Gasteiger partial charge on any atom is 0.232 e. The molecule has 0 amide bonds. The van der Waals surface area contributed by atoms with Crippen LogP contribution in [0, 0.1) is 3.57 Å². The average Bonchev–Trinajstić information content (AvgIpc) is 2.87. The number of rotatable bonds is 5. The van der Waals surface area contributed by atoms with Crippen LogP contribution >= 0.6 is 22.6 Å². The number of ether oxygens (including phenoxy) is 1. The van der Waals surface area contributed by atoms with Gasteiger partial charge in [0.2, 0.25) is 11.8 Å². The normalized spacial score (nSPS) is 10.6. The quantitative estimate of drug-likeness (QED) is 0.656. The second kappa shape index (κ2) is 6.03. The maximum atomic E-state index is 5.69. The van der Waals surface area contributed by atoms with Crippen LogP contribution in [-0.4, -0.2) is 16.6 Å².